The third-order valence-electron chi connectivity index (χ3n) is 1.08. The standard InChI is InChI=1S/C7H13N3O2S/c1-3-4-6(12)9-10-7(13)8-5(2)11/h3-4H2,1-2H3,(H,9,12)(H2,8,10,11,13). The van der Waals surface area contributed by atoms with E-state index in [0.29, 0.717) is 6.42 Å². The Hall–Kier alpha value is -1.17. The lowest BCUT2D eigenvalue weighted by Crippen LogP contribution is -2.47. The van der Waals surface area contributed by atoms with E-state index >= 15 is 0 Å². The lowest BCUT2D eigenvalue weighted by atomic mass is 10.3. The van der Waals surface area contributed by atoms with Gasteiger partial charge in [-0.3, -0.25) is 20.4 Å². The summed E-state index contributed by atoms with van der Waals surface area (Å²) in [7, 11) is 0. The highest BCUT2D eigenvalue weighted by atomic mass is 32.1. The van der Waals surface area contributed by atoms with Gasteiger partial charge in [-0.05, 0) is 18.6 Å². The lowest BCUT2D eigenvalue weighted by molar-refractivity contribution is -0.122. The number of amides is 2. The highest BCUT2D eigenvalue weighted by Crippen LogP contribution is 1.83. The Kier molecular flexibility index (Phi) is 5.79. The van der Waals surface area contributed by atoms with Crippen molar-refractivity contribution in [3.8, 4) is 0 Å². The van der Waals surface area contributed by atoms with E-state index in [1.807, 2.05) is 6.92 Å². The van der Waals surface area contributed by atoms with Crippen LogP contribution in [0.2, 0.25) is 0 Å². The zero-order chi connectivity index (χ0) is 10.3. The molecule has 74 valence electrons. The fourth-order valence-electron chi connectivity index (χ4n) is 0.607. The van der Waals surface area contributed by atoms with Crippen LogP contribution in [-0.2, 0) is 9.59 Å². The largest absolute Gasteiger partial charge is 0.302 e. The molecule has 0 unspecified atom stereocenters. The van der Waals surface area contributed by atoms with E-state index in [9.17, 15) is 9.59 Å². The molecule has 0 heterocycles. The SMILES string of the molecule is CCCC(=O)NNC(=S)NC(C)=O. The number of hydrogen-bond donors (Lipinski definition) is 3. The van der Waals surface area contributed by atoms with E-state index < -0.39 is 0 Å². The second-order valence-electron chi connectivity index (χ2n) is 2.43. The predicted molar refractivity (Wildman–Crippen MR) is 52.6 cm³/mol. The molecule has 5 nitrogen and oxygen atoms in total. The topological polar surface area (TPSA) is 70.2 Å². The Morgan fingerprint density at radius 2 is 1.92 bits per heavy atom. The highest BCUT2D eigenvalue weighted by Gasteiger charge is 2.00. The summed E-state index contributed by atoms with van der Waals surface area (Å²) in [5.74, 6) is -0.433. The molecular formula is C7H13N3O2S. The third-order valence-corrected chi connectivity index (χ3v) is 1.29. The van der Waals surface area contributed by atoms with Crippen LogP contribution in [0.4, 0.5) is 0 Å². The lowest BCUT2D eigenvalue weighted by Gasteiger charge is -2.08. The molecule has 3 N–H and O–H groups in total. The van der Waals surface area contributed by atoms with E-state index in [1.54, 1.807) is 0 Å². The van der Waals surface area contributed by atoms with Crippen LogP contribution < -0.4 is 16.2 Å². The van der Waals surface area contributed by atoms with E-state index in [-0.39, 0.29) is 16.9 Å². The minimum atomic E-state index is -0.276. The van der Waals surface area contributed by atoms with Crippen LogP contribution in [0.1, 0.15) is 26.7 Å². The molecule has 0 atom stereocenters. The molecule has 0 saturated heterocycles. The zero-order valence-corrected chi connectivity index (χ0v) is 8.46. The minimum Gasteiger partial charge on any atom is -0.302 e. The van der Waals surface area contributed by atoms with E-state index in [1.165, 1.54) is 6.92 Å². The van der Waals surface area contributed by atoms with Crippen molar-refractivity contribution >= 4 is 29.1 Å². The summed E-state index contributed by atoms with van der Waals surface area (Å²) < 4.78 is 0. The molecule has 0 saturated carbocycles. The molecule has 0 aromatic rings. The first-order chi connectivity index (χ1) is 6.06. The Labute approximate surface area is 82.2 Å². The fourth-order valence-corrected chi connectivity index (χ4v) is 0.802. The van der Waals surface area contributed by atoms with Crippen LogP contribution in [0.3, 0.4) is 0 Å². The zero-order valence-electron chi connectivity index (χ0n) is 7.64. The normalized spacial score (nSPS) is 8.77. The molecule has 0 aliphatic carbocycles. The van der Waals surface area contributed by atoms with Crippen molar-refractivity contribution in [3.63, 3.8) is 0 Å². The summed E-state index contributed by atoms with van der Waals surface area (Å²) in [5.41, 5.74) is 4.74. The highest BCUT2D eigenvalue weighted by molar-refractivity contribution is 7.80. The molecule has 13 heavy (non-hydrogen) atoms. The molecule has 0 aliphatic heterocycles. The number of thiocarbonyl (C=S) groups is 1. The number of carbonyl (C=O) groups is 2. The van der Waals surface area contributed by atoms with Gasteiger partial charge in [-0.25, -0.2) is 0 Å². The van der Waals surface area contributed by atoms with E-state index in [2.05, 4.69) is 28.4 Å². The molecule has 0 radical (unpaired) electrons. The third kappa shape index (κ3) is 7.20. The summed E-state index contributed by atoms with van der Waals surface area (Å²) in [6.45, 7) is 3.23. The van der Waals surface area contributed by atoms with E-state index in [0.717, 1.165) is 6.42 Å². The van der Waals surface area contributed by atoms with Crippen LogP contribution >= 0.6 is 12.2 Å². The molecule has 0 aliphatic rings. The van der Waals surface area contributed by atoms with Gasteiger partial charge in [0.15, 0.2) is 5.11 Å². The van der Waals surface area contributed by atoms with E-state index in [4.69, 9.17) is 0 Å². The molecular weight excluding hydrogens is 190 g/mol. The van der Waals surface area contributed by atoms with Crippen LogP contribution in [0, 0.1) is 0 Å². The first-order valence-electron chi connectivity index (χ1n) is 3.92. The molecule has 0 aromatic heterocycles. The van der Waals surface area contributed by atoms with Crippen LogP contribution in [0.15, 0.2) is 0 Å². The van der Waals surface area contributed by atoms with Crippen LogP contribution in [0.25, 0.3) is 0 Å². The number of carbonyl (C=O) groups excluding carboxylic acids is 2. The van der Waals surface area contributed by atoms with Crippen molar-refractivity contribution in [1.82, 2.24) is 16.2 Å². The van der Waals surface area contributed by atoms with Gasteiger partial charge in [-0.1, -0.05) is 6.92 Å². The summed E-state index contributed by atoms with van der Waals surface area (Å²) in [6.07, 6.45) is 1.19. The monoisotopic (exact) mass is 203 g/mol. The van der Waals surface area contributed by atoms with Gasteiger partial charge in [0.25, 0.3) is 0 Å². The first kappa shape index (κ1) is 11.8. The van der Waals surface area contributed by atoms with Gasteiger partial charge >= 0.3 is 0 Å². The first-order valence-corrected chi connectivity index (χ1v) is 4.33. The van der Waals surface area contributed by atoms with Crippen LogP contribution in [0.5, 0.6) is 0 Å². The van der Waals surface area contributed by atoms with Crippen molar-refractivity contribution in [3.05, 3.63) is 0 Å². The fraction of sp³-hybridized carbons (Fsp3) is 0.571. The summed E-state index contributed by atoms with van der Waals surface area (Å²) >= 11 is 4.68. The van der Waals surface area contributed by atoms with Gasteiger partial charge in [0, 0.05) is 13.3 Å². The predicted octanol–water partition coefficient (Wildman–Crippen LogP) is -0.172. The van der Waals surface area contributed by atoms with Crippen LogP contribution in [-0.4, -0.2) is 16.9 Å². The second-order valence-corrected chi connectivity index (χ2v) is 2.84. The maximum Gasteiger partial charge on any atom is 0.238 e. The van der Waals surface area contributed by atoms with Crippen molar-refractivity contribution in [2.75, 3.05) is 0 Å². The molecule has 0 rings (SSSR count). The Morgan fingerprint density at radius 1 is 1.31 bits per heavy atom. The minimum absolute atomic E-state index is 0.0944. The molecule has 6 heteroatoms. The van der Waals surface area contributed by atoms with Crippen molar-refractivity contribution in [2.24, 2.45) is 0 Å². The van der Waals surface area contributed by atoms with Gasteiger partial charge in [0.05, 0.1) is 0 Å². The average Bonchev–Trinajstić information content (AvgIpc) is 2.00. The Morgan fingerprint density at radius 3 is 2.38 bits per heavy atom. The molecule has 0 bridgehead atoms. The number of rotatable bonds is 2. The Balaban J connectivity index is 3.58. The van der Waals surface area contributed by atoms with Crippen molar-refractivity contribution in [1.29, 1.82) is 0 Å². The maximum absolute atomic E-state index is 10.9. The maximum atomic E-state index is 10.9. The quantitative estimate of drug-likeness (QED) is 0.430. The smallest absolute Gasteiger partial charge is 0.238 e. The van der Waals surface area contributed by atoms with Crippen molar-refractivity contribution < 1.29 is 9.59 Å². The van der Waals surface area contributed by atoms with Gasteiger partial charge in [-0.2, -0.15) is 0 Å². The Bertz CT molecular complexity index is 218. The summed E-state index contributed by atoms with van der Waals surface area (Å²) in [5, 5.41) is 2.40. The summed E-state index contributed by atoms with van der Waals surface area (Å²) in [6, 6.07) is 0. The summed E-state index contributed by atoms with van der Waals surface area (Å²) in [4.78, 5) is 21.4. The number of hydrazine groups is 1. The molecule has 0 spiro atoms. The van der Waals surface area contributed by atoms with Gasteiger partial charge in [-0.15, -0.1) is 0 Å². The van der Waals surface area contributed by atoms with Gasteiger partial charge < -0.3 is 5.32 Å². The molecule has 0 fully saturated rings. The van der Waals surface area contributed by atoms with Gasteiger partial charge in [0.1, 0.15) is 0 Å². The molecule has 0 aromatic carbocycles. The molecule has 2 amide bonds. The second kappa shape index (κ2) is 6.36. The van der Waals surface area contributed by atoms with Gasteiger partial charge in [0.2, 0.25) is 11.8 Å². The van der Waals surface area contributed by atoms with Crippen molar-refractivity contribution in [2.45, 2.75) is 26.7 Å². The number of hydrogen-bond acceptors (Lipinski definition) is 3. The average molecular weight is 203 g/mol. The number of nitrogens with one attached hydrogen (secondary N) is 3.